The molecule has 0 radical (unpaired) electrons. The molecule has 0 saturated heterocycles. The van der Waals surface area contributed by atoms with E-state index in [0.717, 1.165) is 22.5 Å². The summed E-state index contributed by atoms with van der Waals surface area (Å²) in [5.74, 6) is 0.733. The molecule has 6 heteroatoms. The van der Waals surface area contributed by atoms with Gasteiger partial charge in [0.05, 0.1) is 12.7 Å². The summed E-state index contributed by atoms with van der Waals surface area (Å²) in [5, 5.41) is 6.42. The molecule has 0 aliphatic carbocycles. The van der Waals surface area contributed by atoms with E-state index in [1.807, 2.05) is 19.9 Å². The van der Waals surface area contributed by atoms with Crippen molar-refractivity contribution in [2.24, 2.45) is 0 Å². The number of anilines is 4. The van der Waals surface area contributed by atoms with E-state index in [1.165, 1.54) is 7.11 Å². The Labute approximate surface area is 152 Å². The number of carbonyl (C=O) groups excluding carboxylic acids is 1. The molecule has 0 bridgehead atoms. The summed E-state index contributed by atoms with van der Waals surface area (Å²) in [6.45, 7) is 4.07. The summed E-state index contributed by atoms with van der Waals surface area (Å²) in [6.07, 6.45) is 1.67. The number of rotatable bonds is 5. The molecule has 0 saturated carbocycles. The number of ether oxygens (including phenoxy) is 1. The molecule has 3 rings (SSSR count). The van der Waals surface area contributed by atoms with Crippen LogP contribution in [0.3, 0.4) is 0 Å². The van der Waals surface area contributed by atoms with Crippen LogP contribution in [0.25, 0.3) is 0 Å². The van der Waals surface area contributed by atoms with Gasteiger partial charge in [0.25, 0.3) is 0 Å². The number of esters is 1. The summed E-state index contributed by atoms with van der Waals surface area (Å²) in [6, 6.07) is 15.0. The Kier molecular flexibility index (Phi) is 5.12. The molecule has 6 nitrogen and oxygen atoms in total. The highest BCUT2D eigenvalue weighted by molar-refractivity contribution is 5.90. The predicted octanol–water partition coefficient (Wildman–Crippen LogP) is 4.37. The van der Waals surface area contributed by atoms with Gasteiger partial charge in [-0.25, -0.2) is 9.78 Å². The SMILES string of the molecule is COC(=O)c1cccc(Nc2ccnc(Nc3cc(C)ccc3C)n2)c1. The smallest absolute Gasteiger partial charge is 0.337 e. The van der Waals surface area contributed by atoms with Gasteiger partial charge in [0, 0.05) is 17.6 Å². The fourth-order valence-corrected chi connectivity index (χ4v) is 2.47. The molecule has 26 heavy (non-hydrogen) atoms. The van der Waals surface area contributed by atoms with Crippen molar-refractivity contribution in [3.05, 3.63) is 71.4 Å². The fraction of sp³-hybridized carbons (Fsp3) is 0.150. The average molecular weight is 348 g/mol. The first-order chi connectivity index (χ1) is 12.5. The van der Waals surface area contributed by atoms with Gasteiger partial charge in [0.1, 0.15) is 5.82 Å². The predicted molar refractivity (Wildman–Crippen MR) is 102 cm³/mol. The molecule has 2 N–H and O–H groups in total. The van der Waals surface area contributed by atoms with Gasteiger partial charge in [-0.15, -0.1) is 0 Å². The van der Waals surface area contributed by atoms with Crippen molar-refractivity contribution in [1.82, 2.24) is 9.97 Å². The van der Waals surface area contributed by atoms with Crippen LogP contribution < -0.4 is 10.6 Å². The Morgan fingerprint density at radius 3 is 2.69 bits per heavy atom. The number of nitrogens with one attached hydrogen (secondary N) is 2. The number of nitrogens with zero attached hydrogens (tertiary/aromatic N) is 2. The van der Waals surface area contributed by atoms with Gasteiger partial charge in [0.2, 0.25) is 5.95 Å². The summed E-state index contributed by atoms with van der Waals surface area (Å²) in [4.78, 5) is 20.4. The molecular formula is C20H20N4O2. The van der Waals surface area contributed by atoms with Gasteiger partial charge in [-0.2, -0.15) is 4.98 Å². The minimum absolute atomic E-state index is 0.381. The number of methoxy groups -OCH3 is 1. The molecule has 2 aromatic carbocycles. The maximum Gasteiger partial charge on any atom is 0.337 e. The largest absolute Gasteiger partial charge is 0.465 e. The van der Waals surface area contributed by atoms with Gasteiger partial charge < -0.3 is 15.4 Å². The number of hydrogen-bond acceptors (Lipinski definition) is 6. The van der Waals surface area contributed by atoms with Crippen LogP contribution in [0.5, 0.6) is 0 Å². The van der Waals surface area contributed by atoms with Crippen molar-refractivity contribution in [2.45, 2.75) is 13.8 Å². The van der Waals surface area contributed by atoms with Crippen LogP contribution in [-0.2, 0) is 4.74 Å². The number of hydrogen-bond donors (Lipinski definition) is 2. The first-order valence-corrected chi connectivity index (χ1v) is 8.18. The zero-order valence-corrected chi connectivity index (χ0v) is 14.9. The van der Waals surface area contributed by atoms with Crippen molar-refractivity contribution < 1.29 is 9.53 Å². The Morgan fingerprint density at radius 1 is 1.04 bits per heavy atom. The normalized spacial score (nSPS) is 10.3. The van der Waals surface area contributed by atoms with E-state index in [9.17, 15) is 4.79 Å². The zero-order valence-electron chi connectivity index (χ0n) is 14.9. The fourth-order valence-electron chi connectivity index (χ4n) is 2.47. The van der Waals surface area contributed by atoms with E-state index in [4.69, 9.17) is 4.74 Å². The van der Waals surface area contributed by atoms with Gasteiger partial charge in [-0.05, 0) is 55.3 Å². The zero-order chi connectivity index (χ0) is 18.5. The summed E-state index contributed by atoms with van der Waals surface area (Å²) in [5.41, 5.74) is 4.45. The standard InChI is InChI=1S/C20H20N4O2/c1-13-7-8-14(2)17(11-13)23-20-21-10-9-18(24-20)22-16-6-4-5-15(12-16)19(25)26-3/h4-12H,1-3H3,(H2,21,22,23,24). The lowest BCUT2D eigenvalue weighted by Gasteiger charge is -2.11. The highest BCUT2D eigenvalue weighted by Crippen LogP contribution is 2.21. The van der Waals surface area contributed by atoms with Crippen LogP contribution in [-0.4, -0.2) is 23.0 Å². The van der Waals surface area contributed by atoms with Crippen LogP contribution in [0, 0.1) is 13.8 Å². The average Bonchev–Trinajstić information content (AvgIpc) is 2.64. The molecule has 0 amide bonds. The highest BCUT2D eigenvalue weighted by Gasteiger charge is 2.07. The third-order valence-electron chi connectivity index (χ3n) is 3.85. The molecule has 1 aromatic heterocycles. The second-order valence-electron chi connectivity index (χ2n) is 5.91. The number of aryl methyl sites for hydroxylation is 2. The van der Waals surface area contributed by atoms with E-state index in [-0.39, 0.29) is 5.97 Å². The first kappa shape index (κ1) is 17.4. The minimum atomic E-state index is -0.381. The number of aromatic nitrogens is 2. The Morgan fingerprint density at radius 2 is 1.88 bits per heavy atom. The number of carbonyl (C=O) groups is 1. The summed E-state index contributed by atoms with van der Waals surface area (Å²) in [7, 11) is 1.36. The Hall–Kier alpha value is -3.41. The summed E-state index contributed by atoms with van der Waals surface area (Å²) >= 11 is 0. The molecule has 0 spiro atoms. The molecule has 0 atom stereocenters. The molecule has 132 valence electrons. The van der Waals surface area contributed by atoms with E-state index < -0.39 is 0 Å². The molecule has 0 fully saturated rings. The maximum absolute atomic E-state index is 11.6. The third-order valence-corrected chi connectivity index (χ3v) is 3.85. The number of benzene rings is 2. The van der Waals surface area contributed by atoms with Crippen LogP contribution in [0.15, 0.2) is 54.7 Å². The van der Waals surface area contributed by atoms with E-state index in [2.05, 4.69) is 38.8 Å². The van der Waals surface area contributed by atoms with E-state index in [0.29, 0.717) is 17.3 Å². The minimum Gasteiger partial charge on any atom is -0.465 e. The lowest BCUT2D eigenvalue weighted by molar-refractivity contribution is 0.0601. The van der Waals surface area contributed by atoms with Crippen LogP contribution in [0.4, 0.5) is 23.1 Å². The van der Waals surface area contributed by atoms with Crippen molar-refractivity contribution in [2.75, 3.05) is 17.7 Å². The van der Waals surface area contributed by atoms with Crippen molar-refractivity contribution in [3.8, 4) is 0 Å². The molecule has 0 aliphatic rings. The molecule has 1 heterocycles. The highest BCUT2D eigenvalue weighted by atomic mass is 16.5. The van der Waals surface area contributed by atoms with Crippen molar-refractivity contribution >= 4 is 29.1 Å². The van der Waals surface area contributed by atoms with Crippen LogP contribution in [0.1, 0.15) is 21.5 Å². The van der Waals surface area contributed by atoms with Crippen LogP contribution >= 0.6 is 0 Å². The second kappa shape index (κ2) is 7.65. The first-order valence-electron chi connectivity index (χ1n) is 8.18. The molecule has 3 aromatic rings. The van der Waals surface area contributed by atoms with E-state index in [1.54, 1.807) is 30.5 Å². The van der Waals surface area contributed by atoms with Crippen LogP contribution in [0.2, 0.25) is 0 Å². The van der Waals surface area contributed by atoms with Gasteiger partial charge >= 0.3 is 5.97 Å². The maximum atomic E-state index is 11.6. The lowest BCUT2D eigenvalue weighted by atomic mass is 10.1. The quantitative estimate of drug-likeness (QED) is 0.667. The third kappa shape index (κ3) is 4.16. The monoisotopic (exact) mass is 348 g/mol. The van der Waals surface area contributed by atoms with E-state index >= 15 is 0 Å². The molecule has 0 unspecified atom stereocenters. The lowest BCUT2D eigenvalue weighted by Crippen LogP contribution is -2.03. The second-order valence-corrected chi connectivity index (χ2v) is 5.91. The summed E-state index contributed by atoms with van der Waals surface area (Å²) < 4.78 is 4.75. The van der Waals surface area contributed by atoms with Gasteiger partial charge in [0.15, 0.2) is 0 Å². The van der Waals surface area contributed by atoms with Crippen molar-refractivity contribution in [1.29, 1.82) is 0 Å². The molecule has 0 aliphatic heterocycles. The van der Waals surface area contributed by atoms with Gasteiger partial charge in [-0.1, -0.05) is 18.2 Å². The Bertz CT molecular complexity index is 941. The Balaban J connectivity index is 1.79. The van der Waals surface area contributed by atoms with Crippen molar-refractivity contribution in [3.63, 3.8) is 0 Å². The van der Waals surface area contributed by atoms with Gasteiger partial charge in [-0.3, -0.25) is 0 Å². The topological polar surface area (TPSA) is 76.1 Å². The molecular weight excluding hydrogens is 328 g/mol.